The number of hydrogen-bond donors (Lipinski definition) is 2. The van der Waals surface area contributed by atoms with Crippen LogP contribution in [0.25, 0.3) is 0 Å². The van der Waals surface area contributed by atoms with Gasteiger partial charge in [0, 0.05) is 25.4 Å². The molecule has 2 atom stereocenters. The summed E-state index contributed by atoms with van der Waals surface area (Å²) in [6.45, 7) is 7.68. The zero-order chi connectivity index (χ0) is 20.8. The molecule has 8 heteroatoms. The summed E-state index contributed by atoms with van der Waals surface area (Å²) in [5, 5.41) is 11.5. The van der Waals surface area contributed by atoms with E-state index in [-0.39, 0.29) is 12.1 Å². The van der Waals surface area contributed by atoms with Crippen LogP contribution in [0.4, 0.5) is 0 Å². The number of rotatable bonds is 7. The molecular weight excluding hydrogens is 368 g/mol. The Morgan fingerprint density at radius 3 is 2.72 bits per heavy atom. The summed E-state index contributed by atoms with van der Waals surface area (Å²) in [7, 11) is 3.42. The second-order valence-corrected chi connectivity index (χ2v) is 7.64. The molecule has 0 saturated heterocycles. The summed E-state index contributed by atoms with van der Waals surface area (Å²) in [6.07, 6.45) is 1.87. The quantitative estimate of drug-likeness (QED) is 0.548. The monoisotopic (exact) mass is 400 g/mol. The molecule has 0 bridgehead atoms. The van der Waals surface area contributed by atoms with Crippen LogP contribution in [0.1, 0.15) is 44.8 Å². The normalized spacial score (nSPS) is 17.6. The van der Waals surface area contributed by atoms with Crippen molar-refractivity contribution < 1.29 is 9.47 Å². The van der Waals surface area contributed by atoms with Gasteiger partial charge in [0.2, 0.25) is 0 Å². The summed E-state index contributed by atoms with van der Waals surface area (Å²) in [6, 6.07) is 7.92. The number of nitrogens with zero attached hydrogens (tertiary/aromatic N) is 4. The van der Waals surface area contributed by atoms with Crippen molar-refractivity contribution in [2.75, 3.05) is 20.7 Å². The number of fused-ring (bicyclic) bond motifs is 1. The molecule has 2 N–H and O–H groups in total. The van der Waals surface area contributed by atoms with E-state index >= 15 is 0 Å². The highest BCUT2D eigenvalue weighted by Gasteiger charge is 2.23. The molecule has 0 aliphatic carbocycles. The van der Waals surface area contributed by atoms with Crippen molar-refractivity contribution in [2.45, 2.75) is 58.2 Å². The van der Waals surface area contributed by atoms with Gasteiger partial charge in [-0.25, -0.2) is 9.67 Å². The summed E-state index contributed by atoms with van der Waals surface area (Å²) in [4.78, 5) is 9.00. The van der Waals surface area contributed by atoms with Crippen LogP contribution in [-0.2, 0) is 13.0 Å². The standard InChI is InChI=1S/C21H32N6O2/c1-14(2)20-25-19-11-10-16(13-27(19)26-20)24-21(22-4)23-12-15(3)29-18-9-7-6-8-17(18)28-5/h6-9,14-16H,10-13H2,1-5H3,(H2,22,23,24). The van der Waals surface area contributed by atoms with E-state index in [1.165, 1.54) is 0 Å². The minimum absolute atomic E-state index is 0.0493. The molecule has 3 rings (SSSR count). The molecule has 1 aliphatic rings. The van der Waals surface area contributed by atoms with Crippen LogP contribution in [0.5, 0.6) is 11.5 Å². The number of aromatic nitrogens is 3. The predicted molar refractivity (Wildman–Crippen MR) is 114 cm³/mol. The molecule has 0 saturated carbocycles. The van der Waals surface area contributed by atoms with Gasteiger partial charge in [0.15, 0.2) is 23.3 Å². The van der Waals surface area contributed by atoms with E-state index in [1.807, 2.05) is 35.9 Å². The van der Waals surface area contributed by atoms with Crippen LogP contribution in [-0.4, -0.2) is 53.6 Å². The largest absolute Gasteiger partial charge is 0.493 e. The Labute approximate surface area is 172 Å². The van der Waals surface area contributed by atoms with Gasteiger partial charge >= 0.3 is 0 Å². The highest BCUT2D eigenvalue weighted by molar-refractivity contribution is 5.80. The smallest absolute Gasteiger partial charge is 0.191 e. The molecule has 29 heavy (non-hydrogen) atoms. The van der Waals surface area contributed by atoms with Gasteiger partial charge in [-0.3, -0.25) is 4.99 Å². The van der Waals surface area contributed by atoms with Crippen molar-refractivity contribution in [3.05, 3.63) is 35.9 Å². The van der Waals surface area contributed by atoms with E-state index in [2.05, 4.69) is 39.6 Å². The Morgan fingerprint density at radius 1 is 1.28 bits per heavy atom. The van der Waals surface area contributed by atoms with E-state index in [1.54, 1.807) is 14.2 Å². The van der Waals surface area contributed by atoms with Crippen LogP contribution in [0, 0.1) is 0 Å². The molecule has 0 spiro atoms. The molecule has 1 aromatic carbocycles. The summed E-state index contributed by atoms with van der Waals surface area (Å²) >= 11 is 0. The lowest BCUT2D eigenvalue weighted by Crippen LogP contribution is -2.48. The fourth-order valence-electron chi connectivity index (χ4n) is 3.29. The van der Waals surface area contributed by atoms with Gasteiger partial charge in [-0.2, -0.15) is 5.10 Å². The third-order valence-corrected chi connectivity index (χ3v) is 4.91. The summed E-state index contributed by atoms with van der Waals surface area (Å²) in [5.41, 5.74) is 0. The Kier molecular flexibility index (Phi) is 6.95. The van der Waals surface area contributed by atoms with Crippen molar-refractivity contribution in [2.24, 2.45) is 4.99 Å². The maximum Gasteiger partial charge on any atom is 0.191 e. The highest BCUT2D eigenvalue weighted by atomic mass is 16.5. The van der Waals surface area contributed by atoms with E-state index < -0.39 is 0 Å². The van der Waals surface area contributed by atoms with Gasteiger partial charge in [-0.15, -0.1) is 0 Å². The summed E-state index contributed by atoms with van der Waals surface area (Å²) < 4.78 is 13.4. The van der Waals surface area contributed by atoms with Crippen molar-refractivity contribution in [3.63, 3.8) is 0 Å². The van der Waals surface area contributed by atoms with Crippen molar-refractivity contribution >= 4 is 5.96 Å². The zero-order valence-electron chi connectivity index (χ0n) is 18.0. The molecule has 8 nitrogen and oxygen atoms in total. The number of nitrogens with one attached hydrogen (secondary N) is 2. The fourth-order valence-corrected chi connectivity index (χ4v) is 3.29. The average molecular weight is 401 g/mol. The lowest BCUT2D eigenvalue weighted by Gasteiger charge is -2.26. The maximum absolute atomic E-state index is 6.00. The number of para-hydroxylation sites is 2. The maximum atomic E-state index is 6.00. The first kappa shape index (κ1) is 21.0. The summed E-state index contributed by atoms with van der Waals surface area (Å²) in [5.74, 6) is 4.57. The Bertz CT molecular complexity index is 832. The van der Waals surface area contributed by atoms with Gasteiger partial charge in [-0.1, -0.05) is 26.0 Å². The van der Waals surface area contributed by atoms with Gasteiger partial charge < -0.3 is 20.1 Å². The molecule has 1 aliphatic heterocycles. The second kappa shape index (κ2) is 9.62. The topological polar surface area (TPSA) is 85.6 Å². The van der Waals surface area contributed by atoms with Crippen molar-refractivity contribution in [3.8, 4) is 11.5 Å². The van der Waals surface area contributed by atoms with Gasteiger partial charge in [0.05, 0.1) is 20.2 Å². The number of benzene rings is 1. The number of aliphatic imine (C=N–C) groups is 1. The first-order chi connectivity index (χ1) is 14.0. The zero-order valence-corrected chi connectivity index (χ0v) is 18.0. The number of hydrogen-bond acceptors (Lipinski definition) is 5. The van der Waals surface area contributed by atoms with E-state index in [0.29, 0.717) is 12.5 Å². The molecule has 0 radical (unpaired) electrons. The average Bonchev–Trinajstić information content (AvgIpc) is 3.15. The Morgan fingerprint density at radius 2 is 2.03 bits per heavy atom. The molecule has 158 valence electrons. The molecule has 2 unspecified atom stereocenters. The first-order valence-corrected chi connectivity index (χ1v) is 10.2. The minimum atomic E-state index is -0.0493. The predicted octanol–water partition coefficient (Wildman–Crippen LogP) is 2.36. The number of guanidine groups is 1. The second-order valence-electron chi connectivity index (χ2n) is 7.64. The molecule has 0 amide bonds. The van der Waals surface area contributed by atoms with Gasteiger partial charge in [0.1, 0.15) is 11.9 Å². The molecule has 2 aromatic rings. The van der Waals surface area contributed by atoms with E-state index in [4.69, 9.17) is 9.47 Å². The van der Waals surface area contributed by atoms with Crippen molar-refractivity contribution in [1.82, 2.24) is 25.4 Å². The van der Waals surface area contributed by atoms with Crippen LogP contribution in [0.2, 0.25) is 0 Å². The lowest BCUT2D eigenvalue weighted by molar-refractivity contribution is 0.213. The van der Waals surface area contributed by atoms with Gasteiger partial charge in [0.25, 0.3) is 0 Å². The first-order valence-electron chi connectivity index (χ1n) is 10.2. The fraction of sp³-hybridized carbons (Fsp3) is 0.571. The minimum Gasteiger partial charge on any atom is -0.493 e. The van der Waals surface area contributed by atoms with Crippen LogP contribution < -0.4 is 20.1 Å². The number of methoxy groups -OCH3 is 1. The van der Waals surface area contributed by atoms with Crippen LogP contribution in [0.15, 0.2) is 29.3 Å². The lowest BCUT2D eigenvalue weighted by atomic mass is 10.1. The van der Waals surface area contributed by atoms with Crippen LogP contribution >= 0.6 is 0 Å². The van der Waals surface area contributed by atoms with Crippen LogP contribution in [0.3, 0.4) is 0 Å². The van der Waals surface area contributed by atoms with E-state index in [0.717, 1.165) is 48.5 Å². The van der Waals surface area contributed by atoms with E-state index in [9.17, 15) is 0 Å². The Hall–Kier alpha value is -2.77. The highest BCUT2D eigenvalue weighted by Crippen LogP contribution is 2.26. The molecule has 2 heterocycles. The molecular formula is C21H32N6O2. The van der Waals surface area contributed by atoms with Gasteiger partial charge in [-0.05, 0) is 25.5 Å². The molecule has 1 aromatic heterocycles. The Balaban J connectivity index is 1.50. The molecule has 0 fully saturated rings. The number of ether oxygens (including phenoxy) is 2. The SMILES string of the molecule is CN=C(NCC(C)Oc1ccccc1OC)NC1CCc2nc(C(C)C)nn2C1. The third kappa shape index (κ3) is 5.40. The van der Waals surface area contributed by atoms with Crippen molar-refractivity contribution in [1.29, 1.82) is 0 Å². The third-order valence-electron chi connectivity index (χ3n) is 4.91. The number of aryl methyl sites for hydroxylation is 1.